The summed E-state index contributed by atoms with van der Waals surface area (Å²) < 4.78 is 21.8. The molecule has 0 saturated heterocycles. The van der Waals surface area contributed by atoms with Crippen molar-refractivity contribution in [2.75, 3.05) is 4.90 Å². The first-order chi connectivity index (χ1) is 22.7. The van der Waals surface area contributed by atoms with Gasteiger partial charge in [-0.05, 0) is 66.0 Å². The van der Waals surface area contributed by atoms with E-state index < -0.39 is 5.66 Å². The molecule has 0 amide bonds. The van der Waals surface area contributed by atoms with Gasteiger partial charge < -0.3 is 18.6 Å². The number of thiazole rings is 1. The summed E-state index contributed by atoms with van der Waals surface area (Å²) in [6, 6.07) is 41.0. The zero-order chi connectivity index (χ0) is 30.2. The Morgan fingerprint density at radius 1 is 0.652 bits per heavy atom. The summed E-state index contributed by atoms with van der Waals surface area (Å²) in [5, 5.41) is 6.84. The van der Waals surface area contributed by atoms with E-state index in [1.807, 2.05) is 72.8 Å². The fraction of sp³-hybridized carbons (Fsp3) is 0.0270. The van der Waals surface area contributed by atoms with Gasteiger partial charge in [0.2, 0.25) is 5.66 Å². The molecule has 9 aromatic rings. The molecular weight excluding hydrogens is 613 g/mol. The second-order valence-electron chi connectivity index (χ2n) is 11.1. The molecule has 4 aromatic carbocycles. The van der Waals surface area contributed by atoms with Gasteiger partial charge in [-0.2, -0.15) is 4.98 Å². The van der Waals surface area contributed by atoms with Crippen LogP contribution in [0.3, 0.4) is 0 Å². The van der Waals surface area contributed by atoms with E-state index in [0.717, 1.165) is 53.4 Å². The highest BCUT2D eigenvalue weighted by molar-refractivity contribution is 7.20. The Balaban J connectivity index is 1.34. The number of rotatable bonds is 5. The molecule has 1 atom stereocenters. The predicted molar refractivity (Wildman–Crippen MR) is 184 cm³/mol. The van der Waals surface area contributed by atoms with Crippen LogP contribution in [0.25, 0.3) is 53.8 Å². The van der Waals surface area contributed by atoms with Gasteiger partial charge in [0.1, 0.15) is 21.8 Å². The van der Waals surface area contributed by atoms with Crippen molar-refractivity contribution in [2.24, 2.45) is 0 Å². The third-order valence-corrected chi connectivity index (χ3v) is 10.7. The highest BCUT2D eigenvalue weighted by Crippen LogP contribution is 2.53. The lowest BCUT2D eigenvalue weighted by Crippen LogP contribution is -2.50. The van der Waals surface area contributed by atoms with Gasteiger partial charge in [0.15, 0.2) is 17.1 Å². The van der Waals surface area contributed by atoms with E-state index in [9.17, 15) is 0 Å². The number of anilines is 1. The van der Waals surface area contributed by atoms with E-state index in [1.165, 1.54) is 4.70 Å². The van der Waals surface area contributed by atoms with Crippen molar-refractivity contribution >= 4 is 82.5 Å². The Morgan fingerprint density at radius 3 is 2.20 bits per heavy atom. The fourth-order valence-corrected chi connectivity index (χ4v) is 8.54. The summed E-state index contributed by atoms with van der Waals surface area (Å²) in [6.07, 6.45) is 1.69. The molecule has 10 rings (SSSR count). The Bertz CT molecular complexity index is 2480. The number of para-hydroxylation sites is 4. The van der Waals surface area contributed by atoms with Crippen molar-refractivity contribution in [2.45, 2.75) is 5.66 Å². The number of oxazole rings is 1. The molecule has 5 aromatic heterocycles. The Hall–Kier alpha value is -5.64. The standard InChI is InChI=1S/C37H22N4O3S2/c1-5-14-26-22(10-1)20-28(43-26)33-34(31-21-23-11-2-7-16-29(23)45-31)41(36-39-24-12-3-6-15-27(24)44-36)37(40-33,32-18-9-19-42-32)35-38-25-13-4-8-17-30(25)46-35/h1-21,40H. The molecule has 0 radical (unpaired) electrons. The predicted octanol–water partition coefficient (Wildman–Crippen LogP) is 9.83. The van der Waals surface area contributed by atoms with Gasteiger partial charge in [0.05, 0.1) is 27.1 Å². The maximum atomic E-state index is 6.62. The lowest BCUT2D eigenvalue weighted by molar-refractivity contribution is 0.359. The van der Waals surface area contributed by atoms with Crippen molar-refractivity contribution in [1.29, 1.82) is 0 Å². The molecule has 6 heterocycles. The maximum Gasteiger partial charge on any atom is 0.305 e. The number of fused-ring (bicyclic) bond motifs is 4. The molecule has 1 N–H and O–H groups in total. The molecule has 0 aliphatic carbocycles. The van der Waals surface area contributed by atoms with Gasteiger partial charge in [-0.3, -0.25) is 4.90 Å². The van der Waals surface area contributed by atoms with Gasteiger partial charge in [-0.25, -0.2) is 4.98 Å². The largest absolute Gasteiger partial charge is 0.464 e. The van der Waals surface area contributed by atoms with Crippen molar-refractivity contribution in [3.8, 4) is 0 Å². The summed E-state index contributed by atoms with van der Waals surface area (Å²) in [7, 11) is 0. The summed E-state index contributed by atoms with van der Waals surface area (Å²) in [6.45, 7) is 0. The average Bonchev–Trinajstić information content (AvgIpc) is 3.93. The monoisotopic (exact) mass is 634 g/mol. The van der Waals surface area contributed by atoms with Crippen LogP contribution >= 0.6 is 22.7 Å². The summed E-state index contributed by atoms with van der Waals surface area (Å²) in [5.74, 6) is 1.32. The Kier molecular flexibility index (Phi) is 5.40. The minimum atomic E-state index is -1.17. The third-order valence-electron chi connectivity index (χ3n) is 8.39. The molecule has 46 heavy (non-hydrogen) atoms. The van der Waals surface area contributed by atoms with Crippen LogP contribution < -0.4 is 10.2 Å². The zero-order valence-electron chi connectivity index (χ0n) is 24.0. The van der Waals surface area contributed by atoms with Crippen LogP contribution in [0.1, 0.15) is 21.4 Å². The highest BCUT2D eigenvalue weighted by Gasteiger charge is 2.56. The molecule has 0 spiro atoms. The quantitative estimate of drug-likeness (QED) is 0.202. The van der Waals surface area contributed by atoms with Crippen LogP contribution in [0.4, 0.5) is 6.01 Å². The topological polar surface area (TPSA) is 80.5 Å². The smallest absolute Gasteiger partial charge is 0.305 e. The third kappa shape index (κ3) is 3.70. The summed E-state index contributed by atoms with van der Waals surface area (Å²) >= 11 is 3.31. The number of benzene rings is 4. The summed E-state index contributed by atoms with van der Waals surface area (Å²) in [5.41, 5.74) is 3.59. The molecular formula is C37H22N4O3S2. The lowest BCUT2D eigenvalue weighted by Gasteiger charge is -2.35. The van der Waals surface area contributed by atoms with Gasteiger partial charge in [0, 0.05) is 10.1 Å². The lowest BCUT2D eigenvalue weighted by atomic mass is 10.1. The van der Waals surface area contributed by atoms with E-state index in [1.54, 1.807) is 28.9 Å². The van der Waals surface area contributed by atoms with Gasteiger partial charge >= 0.3 is 6.01 Å². The van der Waals surface area contributed by atoms with Gasteiger partial charge in [0.25, 0.3) is 0 Å². The van der Waals surface area contributed by atoms with E-state index in [0.29, 0.717) is 23.1 Å². The van der Waals surface area contributed by atoms with Gasteiger partial charge in [-0.1, -0.05) is 60.7 Å². The highest BCUT2D eigenvalue weighted by atomic mass is 32.1. The molecule has 1 unspecified atom stereocenters. The minimum Gasteiger partial charge on any atom is -0.464 e. The number of hydrogen-bond acceptors (Lipinski definition) is 9. The van der Waals surface area contributed by atoms with E-state index in [-0.39, 0.29) is 0 Å². The normalized spacial score (nSPS) is 16.8. The first kappa shape index (κ1) is 25.7. The van der Waals surface area contributed by atoms with Crippen molar-refractivity contribution in [3.05, 3.63) is 149 Å². The number of hydrogen-bond donors (Lipinski definition) is 1. The van der Waals surface area contributed by atoms with Crippen molar-refractivity contribution < 1.29 is 13.3 Å². The van der Waals surface area contributed by atoms with E-state index in [4.69, 9.17) is 23.2 Å². The zero-order valence-corrected chi connectivity index (χ0v) is 25.6. The maximum absolute atomic E-state index is 6.62. The minimum absolute atomic E-state index is 0.405. The van der Waals surface area contributed by atoms with Crippen molar-refractivity contribution in [1.82, 2.24) is 15.3 Å². The number of furan rings is 2. The van der Waals surface area contributed by atoms with Crippen molar-refractivity contribution in [3.63, 3.8) is 0 Å². The molecule has 0 bridgehead atoms. The molecule has 9 heteroatoms. The fourth-order valence-electron chi connectivity index (χ4n) is 6.32. The van der Waals surface area contributed by atoms with E-state index in [2.05, 4.69) is 58.7 Å². The molecule has 7 nitrogen and oxygen atoms in total. The number of thiophene rings is 1. The van der Waals surface area contributed by atoms with Crippen LogP contribution in [0.2, 0.25) is 0 Å². The van der Waals surface area contributed by atoms with Crippen LogP contribution in [-0.4, -0.2) is 9.97 Å². The molecule has 220 valence electrons. The molecule has 1 aliphatic rings. The SMILES string of the molecule is c1coc(C2(c3nc4ccccc4s3)NC(c3cc4ccccc4o3)=C(c3cc4ccccc4s3)N2c2nc3ccccc3o2)c1. The summed E-state index contributed by atoms with van der Waals surface area (Å²) in [4.78, 5) is 13.4. The second kappa shape index (κ2) is 9.68. The second-order valence-corrected chi connectivity index (χ2v) is 13.2. The average molecular weight is 635 g/mol. The first-order valence-corrected chi connectivity index (χ1v) is 16.4. The first-order valence-electron chi connectivity index (χ1n) is 14.8. The molecule has 0 saturated carbocycles. The van der Waals surface area contributed by atoms with Gasteiger partial charge in [-0.15, -0.1) is 22.7 Å². The van der Waals surface area contributed by atoms with Crippen LogP contribution in [0.5, 0.6) is 0 Å². The number of nitrogens with one attached hydrogen (secondary N) is 1. The molecule has 0 fully saturated rings. The number of nitrogens with zero attached hydrogens (tertiary/aromatic N) is 3. The van der Waals surface area contributed by atoms with E-state index >= 15 is 0 Å². The molecule has 1 aliphatic heterocycles. The van der Waals surface area contributed by atoms with Crippen LogP contribution in [-0.2, 0) is 5.66 Å². The van der Waals surface area contributed by atoms with Crippen LogP contribution in [0, 0.1) is 0 Å². The Labute approximate surface area is 269 Å². The Morgan fingerprint density at radius 2 is 1.41 bits per heavy atom. The number of aromatic nitrogens is 2. The van der Waals surface area contributed by atoms with Crippen LogP contribution in [0.15, 0.2) is 141 Å².